The summed E-state index contributed by atoms with van der Waals surface area (Å²) in [5.74, 6) is -0.352. The molecule has 8 heteroatoms. The van der Waals surface area contributed by atoms with Crippen molar-refractivity contribution in [2.24, 2.45) is 0 Å². The van der Waals surface area contributed by atoms with Crippen molar-refractivity contribution < 1.29 is 18.9 Å². The summed E-state index contributed by atoms with van der Waals surface area (Å²) >= 11 is 0. The largest absolute Gasteiger partial charge is 0.351 e. The van der Waals surface area contributed by atoms with Gasteiger partial charge in [-0.25, -0.2) is 0 Å². The first kappa shape index (κ1) is 14.6. The third-order valence-electron chi connectivity index (χ3n) is 4.02. The van der Waals surface area contributed by atoms with E-state index >= 15 is 0 Å². The summed E-state index contributed by atoms with van der Waals surface area (Å²) in [4.78, 5) is 37.2. The number of fused-ring (bicyclic) bond motifs is 1. The lowest BCUT2D eigenvalue weighted by Gasteiger charge is -2.28. The number of hydrogen-bond acceptors (Lipinski definition) is 5. The maximum atomic E-state index is 12.2. The van der Waals surface area contributed by atoms with E-state index in [4.69, 9.17) is 4.52 Å². The van der Waals surface area contributed by atoms with E-state index in [9.17, 15) is 14.4 Å². The monoisotopic (exact) mass is 306 g/mol. The lowest BCUT2D eigenvalue weighted by atomic mass is 10.1. The minimum atomic E-state index is -0.493. The molecule has 0 radical (unpaired) electrons. The molecule has 2 atom stereocenters. The molecule has 0 unspecified atom stereocenters. The van der Waals surface area contributed by atoms with Gasteiger partial charge in [-0.05, 0) is 12.3 Å². The highest BCUT2D eigenvalue weighted by atomic mass is 16.5. The van der Waals surface area contributed by atoms with E-state index in [1.54, 1.807) is 6.07 Å². The molecule has 2 aliphatic heterocycles. The average molecular weight is 306 g/mol. The van der Waals surface area contributed by atoms with Gasteiger partial charge in [0, 0.05) is 18.7 Å². The zero-order valence-electron chi connectivity index (χ0n) is 12.5. The molecule has 8 nitrogen and oxygen atoms in total. The Morgan fingerprint density at radius 2 is 2.27 bits per heavy atom. The topological polar surface area (TPSA) is 105 Å². The quantitative estimate of drug-likeness (QED) is 0.792. The lowest BCUT2D eigenvalue weighted by Crippen LogP contribution is -2.55. The van der Waals surface area contributed by atoms with E-state index in [2.05, 4.69) is 15.8 Å². The maximum Gasteiger partial charge on any atom is 0.290 e. The second-order valence-electron chi connectivity index (χ2n) is 5.96. The SMILES string of the molecule is CC(C)c1cc(C(=O)N[C@@H]2C[C@H]3C(=O)NCC(=O)N3C2)on1. The van der Waals surface area contributed by atoms with Crippen LogP contribution in [-0.4, -0.2) is 53.0 Å². The molecular formula is C14H18N4O4. The van der Waals surface area contributed by atoms with Crippen LogP contribution in [0, 0.1) is 0 Å². The number of nitrogens with zero attached hydrogens (tertiary/aromatic N) is 2. The highest BCUT2D eigenvalue weighted by molar-refractivity contribution is 5.96. The van der Waals surface area contributed by atoms with Gasteiger partial charge in [-0.3, -0.25) is 14.4 Å². The number of amides is 3. The molecule has 0 saturated carbocycles. The first-order chi connectivity index (χ1) is 10.5. The lowest BCUT2D eigenvalue weighted by molar-refractivity contribution is -0.143. The number of piperazine rings is 1. The fourth-order valence-corrected chi connectivity index (χ4v) is 2.77. The molecule has 1 aromatic heterocycles. The van der Waals surface area contributed by atoms with Crippen LogP contribution >= 0.6 is 0 Å². The normalized spacial score (nSPS) is 24.4. The minimum Gasteiger partial charge on any atom is -0.351 e. The third kappa shape index (κ3) is 2.56. The number of rotatable bonds is 3. The van der Waals surface area contributed by atoms with Gasteiger partial charge in [-0.1, -0.05) is 19.0 Å². The molecular weight excluding hydrogens is 288 g/mol. The van der Waals surface area contributed by atoms with Crippen LogP contribution in [0.4, 0.5) is 0 Å². The molecule has 2 N–H and O–H groups in total. The molecule has 22 heavy (non-hydrogen) atoms. The Hall–Kier alpha value is -2.38. The zero-order chi connectivity index (χ0) is 15.9. The number of nitrogens with one attached hydrogen (secondary N) is 2. The Morgan fingerprint density at radius 3 is 2.91 bits per heavy atom. The third-order valence-corrected chi connectivity index (χ3v) is 4.02. The van der Waals surface area contributed by atoms with E-state index in [0.29, 0.717) is 18.7 Å². The first-order valence-electron chi connectivity index (χ1n) is 7.30. The molecule has 0 aromatic carbocycles. The Balaban J connectivity index is 1.65. The van der Waals surface area contributed by atoms with Gasteiger partial charge < -0.3 is 20.1 Å². The Bertz CT molecular complexity index is 600. The molecule has 3 amide bonds. The second-order valence-corrected chi connectivity index (χ2v) is 5.96. The van der Waals surface area contributed by atoms with Crippen LogP contribution in [0.1, 0.15) is 42.4 Å². The summed E-state index contributed by atoms with van der Waals surface area (Å²) in [6.45, 7) is 4.28. The molecule has 2 saturated heterocycles. The predicted octanol–water partition coefficient (Wildman–Crippen LogP) is -0.373. The van der Waals surface area contributed by atoms with Crippen molar-refractivity contribution in [2.75, 3.05) is 13.1 Å². The van der Waals surface area contributed by atoms with Crippen molar-refractivity contribution in [3.63, 3.8) is 0 Å². The van der Waals surface area contributed by atoms with Gasteiger partial charge in [0.05, 0.1) is 12.2 Å². The van der Waals surface area contributed by atoms with Crippen molar-refractivity contribution in [3.8, 4) is 0 Å². The average Bonchev–Trinajstić information content (AvgIpc) is 3.10. The Kier molecular flexibility index (Phi) is 3.59. The van der Waals surface area contributed by atoms with Gasteiger partial charge in [0.15, 0.2) is 0 Å². The maximum absolute atomic E-state index is 12.2. The summed E-state index contributed by atoms with van der Waals surface area (Å²) in [6.07, 6.45) is 0.411. The molecule has 3 heterocycles. The zero-order valence-corrected chi connectivity index (χ0v) is 12.5. The summed E-state index contributed by atoms with van der Waals surface area (Å²) in [5.41, 5.74) is 0.712. The molecule has 0 spiro atoms. The van der Waals surface area contributed by atoms with E-state index in [1.807, 2.05) is 13.8 Å². The van der Waals surface area contributed by atoms with E-state index in [-0.39, 0.29) is 42.0 Å². The van der Waals surface area contributed by atoms with Crippen molar-refractivity contribution in [1.82, 2.24) is 20.7 Å². The highest BCUT2D eigenvalue weighted by Gasteiger charge is 2.43. The fourth-order valence-electron chi connectivity index (χ4n) is 2.77. The van der Waals surface area contributed by atoms with Crippen LogP contribution in [0.5, 0.6) is 0 Å². The fraction of sp³-hybridized carbons (Fsp3) is 0.571. The van der Waals surface area contributed by atoms with Crippen LogP contribution in [0.3, 0.4) is 0 Å². The van der Waals surface area contributed by atoms with Gasteiger partial charge in [-0.15, -0.1) is 0 Å². The van der Waals surface area contributed by atoms with Gasteiger partial charge in [-0.2, -0.15) is 0 Å². The molecule has 3 rings (SSSR count). The second kappa shape index (κ2) is 5.43. The number of carbonyl (C=O) groups is 3. The van der Waals surface area contributed by atoms with Gasteiger partial charge >= 0.3 is 0 Å². The van der Waals surface area contributed by atoms with E-state index in [1.165, 1.54) is 4.90 Å². The van der Waals surface area contributed by atoms with Crippen molar-refractivity contribution >= 4 is 17.7 Å². The summed E-state index contributed by atoms with van der Waals surface area (Å²) < 4.78 is 5.04. The smallest absolute Gasteiger partial charge is 0.290 e. The minimum absolute atomic E-state index is 0.0237. The first-order valence-corrected chi connectivity index (χ1v) is 7.30. The summed E-state index contributed by atoms with van der Waals surface area (Å²) in [7, 11) is 0. The molecule has 118 valence electrons. The molecule has 2 aliphatic rings. The van der Waals surface area contributed by atoms with Crippen LogP contribution in [0.25, 0.3) is 0 Å². The van der Waals surface area contributed by atoms with Gasteiger partial charge in [0.1, 0.15) is 6.04 Å². The number of carbonyl (C=O) groups excluding carboxylic acids is 3. The molecule has 0 bridgehead atoms. The molecule has 2 fully saturated rings. The number of aromatic nitrogens is 1. The van der Waals surface area contributed by atoms with Gasteiger partial charge in [0.25, 0.3) is 5.91 Å². The van der Waals surface area contributed by atoms with E-state index in [0.717, 1.165) is 0 Å². The predicted molar refractivity (Wildman–Crippen MR) is 75.0 cm³/mol. The van der Waals surface area contributed by atoms with Gasteiger partial charge in [0.2, 0.25) is 17.6 Å². The standard InChI is InChI=1S/C14H18N4O4/c1-7(2)9-4-11(22-17-9)14(21)16-8-3-10-13(20)15-5-12(19)18(10)6-8/h4,7-8,10H,3,5-6H2,1-2H3,(H,15,20)(H,16,21)/t8-,10+/m1/s1. The van der Waals surface area contributed by atoms with Crippen molar-refractivity contribution in [1.29, 1.82) is 0 Å². The Labute approximate surface area is 127 Å². The molecule has 1 aromatic rings. The van der Waals surface area contributed by atoms with Crippen LogP contribution in [0.15, 0.2) is 10.6 Å². The molecule has 0 aliphatic carbocycles. The van der Waals surface area contributed by atoms with Crippen LogP contribution < -0.4 is 10.6 Å². The highest BCUT2D eigenvalue weighted by Crippen LogP contribution is 2.21. The van der Waals surface area contributed by atoms with Crippen LogP contribution in [0.2, 0.25) is 0 Å². The summed E-state index contributed by atoms with van der Waals surface area (Å²) in [5, 5.41) is 9.19. The van der Waals surface area contributed by atoms with Crippen LogP contribution in [-0.2, 0) is 9.59 Å². The Morgan fingerprint density at radius 1 is 1.50 bits per heavy atom. The van der Waals surface area contributed by atoms with Crippen molar-refractivity contribution in [3.05, 3.63) is 17.5 Å². The summed E-state index contributed by atoms with van der Waals surface area (Å²) in [6, 6.07) is 0.852. The number of hydrogen-bond donors (Lipinski definition) is 2. The van der Waals surface area contributed by atoms with E-state index < -0.39 is 6.04 Å². The van der Waals surface area contributed by atoms with Crippen molar-refractivity contribution in [2.45, 2.75) is 38.3 Å².